The molecule has 0 fully saturated rings. The van der Waals surface area contributed by atoms with E-state index in [9.17, 15) is 0 Å². The summed E-state index contributed by atoms with van der Waals surface area (Å²) in [5.41, 5.74) is 8.11. The second kappa shape index (κ2) is 6.82. The summed E-state index contributed by atoms with van der Waals surface area (Å²) >= 11 is 3.52. The zero-order valence-corrected chi connectivity index (χ0v) is 12.1. The van der Waals surface area contributed by atoms with E-state index in [1.54, 1.807) is 0 Å². The Morgan fingerprint density at radius 2 is 2.24 bits per heavy atom. The van der Waals surface area contributed by atoms with Crippen molar-refractivity contribution < 1.29 is 4.74 Å². The van der Waals surface area contributed by atoms with Gasteiger partial charge in [-0.3, -0.25) is 0 Å². The largest absolute Gasteiger partial charge is 0.492 e. The van der Waals surface area contributed by atoms with Gasteiger partial charge in [0.05, 0.1) is 11.1 Å². The van der Waals surface area contributed by atoms with Crippen LogP contribution < -0.4 is 10.5 Å². The summed E-state index contributed by atoms with van der Waals surface area (Å²) in [7, 11) is 0. The van der Waals surface area contributed by atoms with Crippen LogP contribution in [0.1, 0.15) is 25.8 Å². The maximum atomic E-state index is 5.84. The summed E-state index contributed by atoms with van der Waals surface area (Å²) in [5.74, 6) is 0.908. The van der Waals surface area contributed by atoms with E-state index in [1.165, 1.54) is 0 Å². The SMILES string of the molecule is C=C(C)CCOc1c(Br)cccc1CC(C)N. The van der Waals surface area contributed by atoms with E-state index in [4.69, 9.17) is 10.5 Å². The Bertz CT molecular complexity index is 388. The molecule has 0 aromatic heterocycles. The second-order valence-corrected chi connectivity index (χ2v) is 5.32. The van der Waals surface area contributed by atoms with Crippen LogP contribution in [-0.2, 0) is 6.42 Å². The van der Waals surface area contributed by atoms with Gasteiger partial charge in [0.25, 0.3) is 0 Å². The highest BCUT2D eigenvalue weighted by Crippen LogP contribution is 2.30. The minimum Gasteiger partial charge on any atom is -0.492 e. The Balaban J connectivity index is 2.76. The van der Waals surface area contributed by atoms with Gasteiger partial charge >= 0.3 is 0 Å². The van der Waals surface area contributed by atoms with Gasteiger partial charge in [-0.25, -0.2) is 0 Å². The van der Waals surface area contributed by atoms with Gasteiger partial charge in [-0.1, -0.05) is 17.7 Å². The van der Waals surface area contributed by atoms with Crippen molar-refractivity contribution in [3.05, 3.63) is 40.4 Å². The molecule has 0 saturated carbocycles. The van der Waals surface area contributed by atoms with Crippen molar-refractivity contribution in [3.8, 4) is 5.75 Å². The van der Waals surface area contributed by atoms with Crippen LogP contribution in [0.25, 0.3) is 0 Å². The van der Waals surface area contributed by atoms with E-state index in [0.29, 0.717) is 6.61 Å². The summed E-state index contributed by atoms with van der Waals surface area (Å²) in [5, 5.41) is 0. The molecular weight excluding hydrogens is 278 g/mol. The van der Waals surface area contributed by atoms with Crippen LogP contribution in [0, 0.1) is 0 Å². The van der Waals surface area contributed by atoms with E-state index < -0.39 is 0 Å². The van der Waals surface area contributed by atoms with Gasteiger partial charge in [0.2, 0.25) is 0 Å². The third-order valence-electron chi connectivity index (χ3n) is 2.37. The van der Waals surface area contributed by atoms with Gasteiger partial charge in [0.15, 0.2) is 0 Å². The fourth-order valence-corrected chi connectivity index (χ4v) is 2.07. The fraction of sp³-hybridized carbons (Fsp3) is 0.429. The van der Waals surface area contributed by atoms with Gasteiger partial charge in [0.1, 0.15) is 5.75 Å². The molecule has 1 aromatic rings. The first-order valence-corrected chi connectivity index (χ1v) is 6.60. The third-order valence-corrected chi connectivity index (χ3v) is 2.99. The van der Waals surface area contributed by atoms with Crippen LogP contribution in [0.4, 0.5) is 0 Å². The minimum atomic E-state index is 0.132. The minimum absolute atomic E-state index is 0.132. The van der Waals surface area contributed by atoms with Crippen LogP contribution in [0.2, 0.25) is 0 Å². The Hall–Kier alpha value is -0.800. The lowest BCUT2D eigenvalue weighted by Crippen LogP contribution is -2.18. The van der Waals surface area contributed by atoms with Crippen molar-refractivity contribution in [2.24, 2.45) is 5.73 Å². The number of nitrogens with two attached hydrogens (primary N) is 1. The average molecular weight is 298 g/mol. The standard InChI is InChI=1S/C14H20BrNO/c1-10(2)7-8-17-14-12(9-11(3)16)5-4-6-13(14)15/h4-6,11H,1,7-9,16H2,2-3H3. The number of halogens is 1. The highest BCUT2D eigenvalue weighted by Gasteiger charge is 2.09. The van der Waals surface area contributed by atoms with Crippen LogP contribution in [0.3, 0.4) is 0 Å². The maximum Gasteiger partial charge on any atom is 0.136 e. The van der Waals surface area contributed by atoms with E-state index >= 15 is 0 Å². The molecule has 3 heteroatoms. The molecule has 0 aliphatic heterocycles. The third kappa shape index (κ3) is 4.92. The predicted molar refractivity (Wildman–Crippen MR) is 76.4 cm³/mol. The highest BCUT2D eigenvalue weighted by molar-refractivity contribution is 9.10. The number of para-hydroxylation sites is 1. The summed E-state index contributed by atoms with van der Waals surface area (Å²) in [4.78, 5) is 0. The number of benzene rings is 1. The smallest absolute Gasteiger partial charge is 0.136 e. The van der Waals surface area contributed by atoms with Crippen molar-refractivity contribution in [1.82, 2.24) is 0 Å². The Kier molecular flexibility index (Phi) is 5.72. The lowest BCUT2D eigenvalue weighted by molar-refractivity contribution is 0.316. The predicted octanol–water partition coefficient (Wildman–Crippen LogP) is 3.68. The van der Waals surface area contributed by atoms with E-state index in [-0.39, 0.29) is 6.04 Å². The number of hydrogen-bond acceptors (Lipinski definition) is 2. The highest BCUT2D eigenvalue weighted by atomic mass is 79.9. The molecule has 0 spiro atoms. The molecule has 1 rings (SSSR count). The molecule has 0 aliphatic rings. The van der Waals surface area contributed by atoms with Gasteiger partial charge in [0, 0.05) is 12.5 Å². The first kappa shape index (κ1) is 14.3. The first-order valence-electron chi connectivity index (χ1n) is 5.81. The molecule has 0 bridgehead atoms. The topological polar surface area (TPSA) is 35.2 Å². The molecule has 94 valence electrons. The molecule has 0 heterocycles. The van der Waals surface area contributed by atoms with E-state index in [0.717, 1.165) is 34.2 Å². The van der Waals surface area contributed by atoms with Gasteiger partial charge in [-0.15, -0.1) is 6.58 Å². The zero-order chi connectivity index (χ0) is 12.8. The summed E-state index contributed by atoms with van der Waals surface area (Å²) in [6.45, 7) is 8.53. The van der Waals surface area contributed by atoms with Crippen molar-refractivity contribution in [2.75, 3.05) is 6.61 Å². The molecule has 2 N–H and O–H groups in total. The number of ether oxygens (including phenoxy) is 1. The molecule has 0 amide bonds. The lowest BCUT2D eigenvalue weighted by Gasteiger charge is -2.14. The van der Waals surface area contributed by atoms with Crippen molar-refractivity contribution >= 4 is 15.9 Å². The number of rotatable bonds is 6. The van der Waals surface area contributed by atoms with Crippen molar-refractivity contribution in [3.63, 3.8) is 0 Å². The molecule has 1 unspecified atom stereocenters. The summed E-state index contributed by atoms with van der Waals surface area (Å²) < 4.78 is 6.80. The normalized spacial score (nSPS) is 12.2. The van der Waals surface area contributed by atoms with Crippen LogP contribution in [-0.4, -0.2) is 12.6 Å². The van der Waals surface area contributed by atoms with E-state index in [1.807, 2.05) is 26.0 Å². The molecule has 1 aromatic carbocycles. The average Bonchev–Trinajstić information content (AvgIpc) is 2.21. The van der Waals surface area contributed by atoms with Crippen LogP contribution in [0.5, 0.6) is 5.75 Å². The second-order valence-electron chi connectivity index (χ2n) is 4.47. The van der Waals surface area contributed by atoms with Crippen LogP contribution >= 0.6 is 15.9 Å². The fourth-order valence-electron chi connectivity index (χ4n) is 1.55. The van der Waals surface area contributed by atoms with Gasteiger partial charge < -0.3 is 10.5 Å². The van der Waals surface area contributed by atoms with Crippen molar-refractivity contribution in [2.45, 2.75) is 32.7 Å². The molecular formula is C14H20BrNO. The molecule has 1 atom stereocenters. The van der Waals surface area contributed by atoms with Crippen molar-refractivity contribution in [1.29, 1.82) is 0 Å². The lowest BCUT2D eigenvalue weighted by atomic mass is 10.1. The molecule has 0 aliphatic carbocycles. The quantitative estimate of drug-likeness (QED) is 0.813. The summed E-state index contributed by atoms with van der Waals surface area (Å²) in [6, 6.07) is 6.19. The molecule has 0 radical (unpaired) electrons. The van der Waals surface area contributed by atoms with Gasteiger partial charge in [-0.05, 0) is 47.8 Å². The monoisotopic (exact) mass is 297 g/mol. The Labute approximate surface area is 112 Å². The molecule has 17 heavy (non-hydrogen) atoms. The number of hydrogen-bond donors (Lipinski definition) is 1. The van der Waals surface area contributed by atoms with Gasteiger partial charge in [-0.2, -0.15) is 0 Å². The van der Waals surface area contributed by atoms with Crippen LogP contribution in [0.15, 0.2) is 34.8 Å². The zero-order valence-electron chi connectivity index (χ0n) is 10.5. The Morgan fingerprint density at radius 1 is 1.53 bits per heavy atom. The molecule has 0 saturated heterocycles. The maximum absolute atomic E-state index is 5.84. The Morgan fingerprint density at radius 3 is 2.82 bits per heavy atom. The molecule has 2 nitrogen and oxygen atoms in total. The van der Waals surface area contributed by atoms with E-state index in [2.05, 4.69) is 28.6 Å². The first-order chi connectivity index (χ1) is 8.00. The summed E-state index contributed by atoms with van der Waals surface area (Å²) in [6.07, 6.45) is 1.70.